The summed E-state index contributed by atoms with van der Waals surface area (Å²) in [5.41, 5.74) is 4.11. The van der Waals surface area contributed by atoms with Crippen LogP contribution in [0.2, 0.25) is 0 Å². The number of pyridine rings is 1. The van der Waals surface area contributed by atoms with Crippen LogP contribution in [0.3, 0.4) is 0 Å². The van der Waals surface area contributed by atoms with Crippen molar-refractivity contribution in [1.29, 1.82) is 0 Å². The van der Waals surface area contributed by atoms with Gasteiger partial charge in [0.25, 0.3) is 0 Å². The van der Waals surface area contributed by atoms with Gasteiger partial charge in [-0.15, -0.1) is 0 Å². The molecular weight excluding hydrogens is 196 g/mol. The predicted molar refractivity (Wildman–Crippen MR) is 65.6 cm³/mol. The lowest BCUT2D eigenvalue weighted by molar-refractivity contribution is 0.549. The van der Waals surface area contributed by atoms with Crippen molar-refractivity contribution in [2.45, 2.75) is 51.0 Å². The summed E-state index contributed by atoms with van der Waals surface area (Å²) in [6, 6.07) is 4.55. The van der Waals surface area contributed by atoms with E-state index in [9.17, 15) is 0 Å². The Morgan fingerprint density at radius 3 is 2.88 bits per heavy atom. The molecule has 2 heteroatoms. The Morgan fingerprint density at radius 2 is 2.06 bits per heavy atom. The average molecular weight is 216 g/mol. The van der Waals surface area contributed by atoms with Gasteiger partial charge in [-0.3, -0.25) is 4.98 Å². The van der Waals surface area contributed by atoms with Crippen LogP contribution in [0.4, 0.5) is 0 Å². The van der Waals surface area contributed by atoms with Crippen molar-refractivity contribution in [3.63, 3.8) is 0 Å². The summed E-state index contributed by atoms with van der Waals surface area (Å²) in [6.07, 6.45) is 5.47. The van der Waals surface area contributed by atoms with Crippen LogP contribution in [0.25, 0.3) is 0 Å². The fourth-order valence-electron chi connectivity index (χ4n) is 3.06. The van der Waals surface area contributed by atoms with Gasteiger partial charge in [0.05, 0.1) is 0 Å². The summed E-state index contributed by atoms with van der Waals surface area (Å²) in [5, 5.41) is 3.44. The van der Waals surface area contributed by atoms with Gasteiger partial charge >= 0.3 is 0 Å². The monoisotopic (exact) mass is 216 g/mol. The summed E-state index contributed by atoms with van der Waals surface area (Å²) in [6.45, 7) is 4.35. The summed E-state index contributed by atoms with van der Waals surface area (Å²) >= 11 is 0. The SMILES string of the molecule is CC1CNCc2ccc(C3CCCC3)nc21. The first kappa shape index (κ1) is 10.3. The average Bonchev–Trinajstić information content (AvgIpc) is 2.83. The maximum Gasteiger partial charge on any atom is 0.0492 e. The molecule has 86 valence electrons. The van der Waals surface area contributed by atoms with Gasteiger partial charge in [0, 0.05) is 36.3 Å². The molecule has 2 nitrogen and oxygen atoms in total. The van der Waals surface area contributed by atoms with Crippen LogP contribution in [0.1, 0.15) is 61.4 Å². The highest BCUT2D eigenvalue weighted by Gasteiger charge is 2.22. The smallest absolute Gasteiger partial charge is 0.0492 e. The van der Waals surface area contributed by atoms with E-state index in [1.807, 2.05) is 0 Å². The molecule has 0 saturated heterocycles. The van der Waals surface area contributed by atoms with E-state index in [0.29, 0.717) is 5.92 Å². The van der Waals surface area contributed by atoms with Gasteiger partial charge in [-0.05, 0) is 24.5 Å². The molecule has 0 amide bonds. The molecule has 1 aliphatic heterocycles. The molecule has 1 atom stereocenters. The van der Waals surface area contributed by atoms with E-state index >= 15 is 0 Å². The first-order valence-electron chi connectivity index (χ1n) is 6.55. The first-order valence-corrected chi connectivity index (χ1v) is 6.55. The number of aromatic nitrogens is 1. The van der Waals surface area contributed by atoms with Crippen LogP contribution in [0, 0.1) is 0 Å². The highest BCUT2D eigenvalue weighted by Crippen LogP contribution is 2.34. The normalized spacial score (nSPS) is 25.7. The second-order valence-corrected chi connectivity index (χ2v) is 5.29. The molecule has 1 unspecified atom stereocenters. The standard InChI is InChI=1S/C14H20N2/c1-10-8-15-9-12-6-7-13(16-14(10)12)11-4-2-3-5-11/h6-7,10-11,15H,2-5,8-9H2,1H3. The van der Waals surface area contributed by atoms with Crippen LogP contribution in [-0.4, -0.2) is 11.5 Å². The van der Waals surface area contributed by atoms with Crippen molar-refractivity contribution in [2.75, 3.05) is 6.54 Å². The fourth-order valence-corrected chi connectivity index (χ4v) is 3.06. The van der Waals surface area contributed by atoms with Gasteiger partial charge in [0.2, 0.25) is 0 Å². The highest BCUT2D eigenvalue weighted by atomic mass is 14.9. The zero-order chi connectivity index (χ0) is 11.0. The molecule has 1 saturated carbocycles. The molecule has 16 heavy (non-hydrogen) atoms. The molecule has 1 aromatic rings. The lowest BCUT2D eigenvalue weighted by Gasteiger charge is -2.23. The van der Waals surface area contributed by atoms with Gasteiger partial charge in [-0.2, -0.15) is 0 Å². The quantitative estimate of drug-likeness (QED) is 0.780. The number of nitrogens with zero attached hydrogens (tertiary/aromatic N) is 1. The third-order valence-electron chi connectivity index (χ3n) is 4.04. The Hall–Kier alpha value is -0.890. The van der Waals surface area contributed by atoms with E-state index in [1.165, 1.54) is 42.6 Å². The molecule has 0 spiro atoms. The Bertz CT molecular complexity index is 380. The van der Waals surface area contributed by atoms with E-state index in [2.05, 4.69) is 24.4 Å². The van der Waals surface area contributed by atoms with Gasteiger partial charge in [-0.1, -0.05) is 25.8 Å². The maximum absolute atomic E-state index is 4.94. The number of rotatable bonds is 1. The maximum atomic E-state index is 4.94. The minimum atomic E-state index is 0.574. The first-order chi connectivity index (χ1) is 7.84. The van der Waals surface area contributed by atoms with Gasteiger partial charge < -0.3 is 5.32 Å². The van der Waals surface area contributed by atoms with Crippen LogP contribution in [0.5, 0.6) is 0 Å². The molecule has 3 rings (SSSR count). The number of hydrogen-bond acceptors (Lipinski definition) is 2. The molecule has 2 heterocycles. The second kappa shape index (κ2) is 4.17. The van der Waals surface area contributed by atoms with Crippen molar-refractivity contribution in [3.8, 4) is 0 Å². The Morgan fingerprint density at radius 1 is 1.25 bits per heavy atom. The third kappa shape index (κ3) is 1.75. The zero-order valence-corrected chi connectivity index (χ0v) is 10.00. The summed E-state index contributed by atoms with van der Waals surface area (Å²) in [4.78, 5) is 4.94. The van der Waals surface area contributed by atoms with E-state index in [4.69, 9.17) is 4.98 Å². The van der Waals surface area contributed by atoms with E-state index in [1.54, 1.807) is 0 Å². The minimum absolute atomic E-state index is 0.574. The topological polar surface area (TPSA) is 24.9 Å². The van der Waals surface area contributed by atoms with Crippen LogP contribution in [-0.2, 0) is 6.54 Å². The van der Waals surface area contributed by atoms with E-state index in [0.717, 1.165) is 19.0 Å². The number of nitrogens with one attached hydrogen (secondary N) is 1. The minimum Gasteiger partial charge on any atom is -0.312 e. The van der Waals surface area contributed by atoms with Gasteiger partial charge in [0.1, 0.15) is 0 Å². The van der Waals surface area contributed by atoms with Crippen molar-refractivity contribution >= 4 is 0 Å². The third-order valence-corrected chi connectivity index (χ3v) is 4.04. The molecular formula is C14H20N2. The number of hydrogen-bond donors (Lipinski definition) is 1. The van der Waals surface area contributed by atoms with Crippen LogP contribution < -0.4 is 5.32 Å². The molecule has 1 aromatic heterocycles. The van der Waals surface area contributed by atoms with Crippen molar-refractivity contribution in [2.24, 2.45) is 0 Å². The Balaban J connectivity index is 1.93. The molecule has 1 N–H and O–H groups in total. The summed E-state index contributed by atoms with van der Waals surface area (Å²) in [5.74, 6) is 1.32. The predicted octanol–water partition coefficient (Wildman–Crippen LogP) is 2.95. The van der Waals surface area contributed by atoms with Crippen LogP contribution in [0.15, 0.2) is 12.1 Å². The van der Waals surface area contributed by atoms with Crippen molar-refractivity contribution in [3.05, 3.63) is 29.1 Å². The molecule has 1 aliphatic carbocycles. The van der Waals surface area contributed by atoms with Crippen molar-refractivity contribution in [1.82, 2.24) is 10.3 Å². The van der Waals surface area contributed by atoms with Gasteiger partial charge in [-0.25, -0.2) is 0 Å². The summed E-state index contributed by atoms with van der Waals surface area (Å²) < 4.78 is 0. The second-order valence-electron chi connectivity index (χ2n) is 5.29. The lowest BCUT2D eigenvalue weighted by atomic mass is 9.95. The molecule has 0 radical (unpaired) electrons. The summed E-state index contributed by atoms with van der Waals surface area (Å²) in [7, 11) is 0. The van der Waals surface area contributed by atoms with Gasteiger partial charge in [0.15, 0.2) is 0 Å². The number of fused-ring (bicyclic) bond motifs is 1. The Labute approximate surface area is 97.5 Å². The van der Waals surface area contributed by atoms with E-state index < -0.39 is 0 Å². The largest absolute Gasteiger partial charge is 0.312 e. The molecule has 1 fully saturated rings. The van der Waals surface area contributed by atoms with E-state index in [-0.39, 0.29) is 0 Å². The molecule has 0 aromatic carbocycles. The molecule has 0 bridgehead atoms. The van der Waals surface area contributed by atoms with Crippen molar-refractivity contribution < 1.29 is 0 Å². The highest BCUT2D eigenvalue weighted by molar-refractivity contribution is 5.29. The fraction of sp³-hybridized carbons (Fsp3) is 0.643. The zero-order valence-electron chi connectivity index (χ0n) is 10.00. The van der Waals surface area contributed by atoms with Crippen LogP contribution >= 0.6 is 0 Å². The Kier molecular flexibility index (Phi) is 2.68. The molecule has 2 aliphatic rings. The lowest BCUT2D eigenvalue weighted by Crippen LogP contribution is -2.28.